The molecule has 2 heterocycles. The normalized spacial score (nSPS) is 13.4. The summed E-state index contributed by atoms with van der Waals surface area (Å²) in [7, 11) is 0. The number of halogens is 1. The zero-order valence-corrected chi connectivity index (χ0v) is 8.98. The largest absolute Gasteiger partial charge is 0.387 e. The molecule has 0 amide bonds. The molecule has 0 aliphatic carbocycles. The van der Waals surface area contributed by atoms with Crippen molar-refractivity contribution >= 4 is 21.4 Å². The lowest BCUT2D eigenvalue weighted by Crippen LogP contribution is -2.11. The Morgan fingerprint density at radius 1 is 1.64 bits per heavy atom. The minimum Gasteiger partial charge on any atom is -0.387 e. The van der Waals surface area contributed by atoms with Gasteiger partial charge in [-0.1, -0.05) is 0 Å². The molecule has 14 heavy (non-hydrogen) atoms. The summed E-state index contributed by atoms with van der Waals surface area (Å²) in [5.41, 5.74) is 7.11. The number of fused-ring (bicyclic) bond motifs is 1. The van der Waals surface area contributed by atoms with E-state index >= 15 is 0 Å². The monoisotopic (exact) mass is 255 g/mol. The maximum Gasteiger partial charge on any atom is 0.131 e. The number of nitrogens with zero attached hydrogens (tertiary/aromatic N) is 2. The van der Waals surface area contributed by atoms with Gasteiger partial charge in [-0.15, -0.1) is 0 Å². The average molecular weight is 256 g/mol. The average Bonchev–Trinajstić information content (AvgIpc) is 2.59. The fourth-order valence-corrected chi connectivity index (χ4v) is 1.73. The van der Waals surface area contributed by atoms with Crippen molar-refractivity contribution in [1.82, 2.24) is 9.38 Å². The highest BCUT2D eigenvalue weighted by molar-refractivity contribution is 9.10. The molecular weight excluding hydrogens is 246 g/mol. The van der Waals surface area contributed by atoms with Crippen LogP contribution in [0.1, 0.15) is 11.7 Å². The Bertz CT molecular complexity index is 454. The first-order chi connectivity index (χ1) is 6.72. The Kier molecular flexibility index (Phi) is 2.54. The summed E-state index contributed by atoms with van der Waals surface area (Å²) in [6, 6.07) is 3.70. The third kappa shape index (κ3) is 1.54. The zero-order chi connectivity index (χ0) is 10.1. The second-order valence-electron chi connectivity index (χ2n) is 3.04. The minimum absolute atomic E-state index is 0.224. The van der Waals surface area contributed by atoms with E-state index in [0.29, 0.717) is 0 Å². The molecule has 0 saturated heterocycles. The smallest absolute Gasteiger partial charge is 0.131 e. The number of pyridine rings is 1. The van der Waals surface area contributed by atoms with Crippen molar-refractivity contribution in [3.63, 3.8) is 0 Å². The molecule has 74 valence electrons. The first kappa shape index (κ1) is 9.64. The number of aromatic nitrogens is 2. The van der Waals surface area contributed by atoms with Gasteiger partial charge in [0.25, 0.3) is 0 Å². The van der Waals surface area contributed by atoms with Crippen LogP contribution in [0.25, 0.3) is 5.52 Å². The van der Waals surface area contributed by atoms with E-state index in [1.807, 2.05) is 22.7 Å². The molecular formula is C9H10BrN3O. The van der Waals surface area contributed by atoms with Crippen LogP contribution in [-0.4, -0.2) is 21.0 Å². The number of rotatable bonds is 2. The number of aliphatic hydroxyl groups is 1. The molecule has 1 atom stereocenters. The Morgan fingerprint density at radius 2 is 2.43 bits per heavy atom. The predicted octanol–water partition coefficient (Wildman–Crippen LogP) is 1.09. The van der Waals surface area contributed by atoms with Crippen LogP contribution in [0.15, 0.2) is 29.3 Å². The van der Waals surface area contributed by atoms with Crippen molar-refractivity contribution < 1.29 is 5.11 Å². The molecule has 5 heteroatoms. The number of imidazole rings is 1. The standard InChI is InChI=1S/C9H10BrN3O/c10-9-7-3-6(8(14)4-11)1-2-13(7)5-12-9/h1-3,5,8,14H,4,11H2. The molecule has 1 unspecified atom stereocenters. The quantitative estimate of drug-likeness (QED) is 0.845. The molecule has 0 aromatic carbocycles. The fourth-order valence-electron chi connectivity index (χ4n) is 1.32. The molecule has 2 rings (SSSR count). The van der Waals surface area contributed by atoms with Crippen molar-refractivity contribution in [3.05, 3.63) is 34.8 Å². The Morgan fingerprint density at radius 3 is 3.14 bits per heavy atom. The van der Waals surface area contributed by atoms with Crippen LogP contribution < -0.4 is 5.73 Å². The number of hydrogen-bond acceptors (Lipinski definition) is 3. The summed E-state index contributed by atoms with van der Waals surface area (Å²) >= 11 is 3.33. The van der Waals surface area contributed by atoms with E-state index in [4.69, 9.17) is 5.73 Å². The van der Waals surface area contributed by atoms with Crippen molar-refractivity contribution in [3.8, 4) is 0 Å². The van der Waals surface area contributed by atoms with Crippen LogP contribution in [0.4, 0.5) is 0 Å². The van der Waals surface area contributed by atoms with E-state index in [2.05, 4.69) is 20.9 Å². The topological polar surface area (TPSA) is 63.5 Å². The van der Waals surface area contributed by atoms with Gasteiger partial charge in [-0.05, 0) is 33.6 Å². The van der Waals surface area contributed by atoms with Crippen molar-refractivity contribution in [2.75, 3.05) is 6.54 Å². The van der Waals surface area contributed by atoms with Gasteiger partial charge in [0.05, 0.1) is 11.6 Å². The van der Waals surface area contributed by atoms with Crippen LogP contribution in [0.2, 0.25) is 0 Å². The van der Waals surface area contributed by atoms with E-state index in [0.717, 1.165) is 15.7 Å². The summed E-state index contributed by atoms with van der Waals surface area (Å²) in [6.07, 6.45) is 2.95. The van der Waals surface area contributed by atoms with Gasteiger partial charge in [-0.2, -0.15) is 0 Å². The minimum atomic E-state index is -0.609. The van der Waals surface area contributed by atoms with Gasteiger partial charge in [-0.3, -0.25) is 0 Å². The third-order valence-corrected chi connectivity index (χ3v) is 2.74. The number of aliphatic hydroxyl groups excluding tert-OH is 1. The van der Waals surface area contributed by atoms with E-state index in [-0.39, 0.29) is 6.54 Å². The highest BCUT2D eigenvalue weighted by Crippen LogP contribution is 2.20. The molecule has 2 aromatic heterocycles. The summed E-state index contributed by atoms with van der Waals surface area (Å²) in [6.45, 7) is 0.224. The van der Waals surface area contributed by atoms with Crippen LogP contribution in [0, 0.1) is 0 Å². The lowest BCUT2D eigenvalue weighted by Gasteiger charge is -2.07. The van der Waals surface area contributed by atoms with Gasteiger partial charge in [0, 0.05) is 12.7 Å². The highest BCUT2D eigenvalue weighted by atomic mass is 79.9. The van der Waals surface area contributed by atoms with E-state index in [1.165, 1.54) is 0 Å². The van der Waals surface area contributed by atoms with Crippen LogP contribution in [0.5, 0.6) is 0 Å². The summed E-state index contributed by atoms with van der Waals surface area (Å²) in [5.74, 6) is 0. The molecule has 0 radical (unpaired) electrons. The SMILES string of the molecule is NCC(O)c1ccn2cnc(Br)c2c1. The van der Waals surface area contributed by atoms with Gasteiger partial charge >= 0.3 is 0 Å². The molecule has 4 nitrogen and oxygen atoms in total. The van der Waals surface area contributed by atoms with Gasteiger partial charge in [0.2, 0.25) is 0 Å². The molecule has 3 N–H and O–H groups in total. The molecule has 2 aromatic rings. The maximum atomic E-state index is 9.55. The summed E-state index contributed by atoms with van der Waals surface area (Å²) in [5, 5.41) is 9.55. The van der Waals surface area contributed by atoms with Crippen molar-refractivity contribution in [2.45, 2.75) is 6.10 Å². The first-order valence-electron chi connectivity index (χ1n) is 4.22. The molecule has 0 saturated carbocycles. The van der Waals surface area contributed by atoms with Crippen molar-refractivity contribution in [1.29, 1.82) is 0 Å². The Hall–Kier alpha value is -0.910. The second-order valence-corrected chi connectivity index (χ2v) is 3.79. The van der Waals surface area contributed by atoms with E-state index in [1.54, 1.807) is 6.33 Å². The first-order valence-corrected chi connectivity index (χ1v) is 5.02. The van der Waals surface area contributed by atoms with Crippen molar-refractivity contribution in [2.24, 2.45) is 5.73 Å². The van der Waals surface area contributed by atoms with Gasteiger partial charge in [0.15, 0.2) is 0 Å². The van der Waals surface area contributed by atoms with Gasteiger partial charge < -0.3 is 15.2 Å². The molecule has 0 fully saturated rings. The Balaban J connectivity index is 2.54. The highest BCUT2D eigenvalue weighted by Gasteiger charge is 2.07. The lowest BCUT2D eigenvalue weighted by atomic mass is 10.1. The van der Waals surface area contributed by atoms with Crippen LogP contribution >= 0.6 is 15.9 Å². The fraction of sp³-hybridized carbons (Fsp3) is 0.222. The third-order valence-electron chi connectivity index (χ3n) is 2.12. The molecule has 0 aliphatic rings. The maximum absolute atomic E-state index is 9.55. The van der Waals surface area contributed by atoms with Gasteiger partial charge in [0.1, 0.15) is 10.9 Å². The number of hydrogen-bond donors (Lipinski definition) is 2. The molecule has 0 bridgehead atoms. The lowest BCUT2D eigenvalue weighted by molar-refractivity contribution is 0.187. The summed E-state index contributed by atoms with van der Waals surface area (Å²) in [4.78, 5) is 4.09. The van der Waals surface area contributed by atoms with Crippen LogP contribution in [-0.2, 0) is 0 Å². The summed E-state index contributed by atoms with van der Waals surface area (Å²) < 4.78 is 2.64. The Labute approximate surface area is 89.5 Å². The molecule has 0 spiro atoms. The number of nitrogens with two attached hydrogens (primary N) is 1. The van der Waals surface area contributed by atoms with E-state index in [9.17, 15) is 5.11 Å². The molecule has 0 aliphatic heterocycles. The predicted molar refractivity (Wildman–Crippen MR) is 56.9 cm³/mol. The van der Waals surface area contributed by atoms with Crippen LogP contribution in [0.3, 0.4) is 0 Å². The zero-order valence-electron chi connectivity index (χ0n) is 7.39. The van der Waals surface area contributed by atoms with E-state index < -0.39 is 6.10 Å². The second kappa shape index (κ2) is 3.68. The van der Waals surface area contributed by atoms with Gasteiger partial charge in [-0.25, -0.2) is 4.98 Å².